The lowest BCUT2D eigenvalue weighted by Crippen LogP contribution is -1.77. The minimum absolute atomic E-state index is 0. The summed E-state index contributed by atoms with van der Waals surface area (Å²) < 4.78 is 11.8. The van der Waals surface area contributed by atoms with Crippen LogP contribution in [0, 0.1) is 0 Å². The quantitative estimate of drug-likeness (QED) is 0.174. The standard InChI is InChI=1S/H3O5P.H4Si/c1-5-6(2,3)4;/h1H,(H2,2,3,4);1H4. The Bertz CT molecular complexity index is 72.1. The third-order valence-electron chi connectivity index (χ3n) is 0.106. The van der Waals surface area contributed by atoms with Gasteiger partial charge in [0.25, 0.3) is 0 Å². The molecular formula is H7O5PSi. The summed E-state index contributed by atoms with van der Waals surface area (Å²) >= 11 is 0. The van der Waals surface area contributed by atoms with Crippen molar-refractivity contribution in [2.45, 2.75) is 0 Å². The Hall–Kier alpha value is 0.287. The Morgan fingerprint density at radius 2 is 1.57 bits per heavy atom. The van der Waals surface area contributed by atoms with Crippen molar-refractivity contribution in [3.63, 3.8) is 0 Å². The number of hydrogen-bond donors (Lipinski definition) is 3. The van der Waals surface area contributed by atoms with Crippen LogP contribution in [0.3, 0.4) is 0 Å². The largest absolute Gasteiger partial charge is 0.496 e. The van der Waals surface area contributed by atoms with Gasteiger partial charge in [0.2, 0.25) is 0 Å². The first-order chi connectivity index (χ1) is 2.56. The van der Waals surface area contributed by atoms with Crippen molar-refractivity contribution in [3.05, 3.63) is 0 Å². The predicted molar refractivity (Wildman–Crippen MR) is 27.1 cm³/mol. The van der Waals surface area contributed by atoms with Gasteiger partial charge in [-0.2, -0.15) is 0 Å². The summed E-state index contributed by atoms with van der Waals surface area (Å²) in [6, 6.07) is 0. The molecule has 0 aliphatic carbocycles. The van der Waals surface area contributed by atoms with Crippen LogP contribution < -0.4 is 0 Å². The molecule has 0 rings (SSSR count). The molecular weight excluding hydrogens is 139 g/mol. The molecule has 0 aromatic carbocycles. The van der Waals surface area contributed by atoms with Gasteiger partial charge >= 0.3 is 7.82 Å². The topological polar surface area (TPSA) is 87.0 Å². The van der Waals surface area contributed by atoms with Gasteiger partial charge in [0, 0.05) is 0 Å². The van der Waals surface area contributed by atoms with Crippen molar-refractivity contribution in [2.75, 3.05) is 0 Å². The molecule has 5 nitrogen and oxygen atoms in total. The summed E-state index contributed by atoms with van der Waals surface area (Å²) in [7, 11) is -4.59. The zero-order valence-electron chi connectivity index (χ0n) is 2.61. The van der Waals surface area contributed by atoms with E-state index in [1.165, 1.54) is 0 Å². The fourth-order valence-corrected chi connectivity index (χ4v) is 0. The van der Waals surface area contributed by atoms with Gasteiger partial charge in [0.1, 0.15) is 0 Å². The van der Waals surface area contributed by atoms with Gasteiger partial charge in [-0.1, -0.05) is 0 Å². The van der Waals surface area contributed by atoms with Crippen LogP contribution >= 0.6 is 7.82 Å². The van der Waals surface area contributed by atoms with Gasteiger partial charge in [-0.05, 0) is 11.0 Å². The maximum atomic E-state index is 9.22. The molecule has 0 bridgehead atoms. The molecule has 3 N–H and O–H groups in total. The number of rotatable bonds is 1. The SMILES string of the molecule is O=P(O)(O)OO.[SiH4]. The first-order valence-corrected chi connectivity index (χ1v) is 2.48. The highest BCUT2D eigenvalue weighted by Gasteiger charge is 2.10. The lowest BCUT2D eigenvalue weighted by atomic mass is 15.0. The van der Waals surface area contributed by atoms with E-state index in [0.29, 0.717) is 0 Å². The van der Waals surface area contributed by atoms with E-state index in [0.717, 1.165) is 0 Å². The van der Waals surface area contributed by atoms with Crippen LogP contribution in [0.4, 0.5) is 0 Å². The zero-order chi connectivity index (χ0) is 5.21. The molecule has 0 unspecified atom stereocenters. The highest BCUT2D eigenvalue weighted by Crippen LogP contribution is 2.33. The van der Waals surface area contributed by atoms with Crippen molar-refractivity contribution in [3.8, 4) is 0 Å². The smallest absolute Gasteiger partial charge is 0.301 e. The molecule has 0 atom stereocenters. The van der Waals surface area contributed by atoms with Crippen LogP contribution in [0.15, 0.2) is 0 Å². The Kier molecular flexibility index (Phi) is 4.87. The van der Waals surface area contributed by atoms with E-state index >= 15 is 0 Å². The molecule has 0 radical (unpaired) electrons. The first kappa shape index (κ1) is 10.3. The summed E-state index contributed by atoms with van der Waals surface area (Å²) in [5.41, 5.74) is 0. The number of hydrogen-bond acceptors (Lipinski definition) is 3. The fraction of sp³-hybridized carbons (Fsp3) is 0. The Morgan fingerprint density at radius 3 is 1.57 bits per heavy atom. The molecule has 0 aromatic heterocycles. The molecule has 7 heavy (non-hydrogen) atoms. The van der Waals surface area contributed by atoms with Gasteiger partial charge in [-0.25, -0.2) is 9.82 Å². The third-order valence-corrected chi connectivity index (χ3v) is 0.319. The fourth-order valence-electron chi connectivity index (χ4n) is 0. The molecule has 0 aliphatic rings. The molecule has 0 saturated heterocycles. The molecule has 0 amide bonds. The Labute approximate surface area is 44.1 Å². The maximum Gasteiger partial charge on any atom is 0.496 e. The molecule has 0 fully saturated rings. The van der Waals surface area contributed by atoms with E-state index in [4.69, 9.17) is 15.0 Å². The molecule has 0 heterocycles. The highest BCUT2D eigenvalue weighted by molar-refractivity contribution is 7.46. The molecule has 0 saturated carbocycles. The minimum atomic E-state index is -4.59. The summed E-state index contributed by atoms with van der Waals surface area (Å²) in [4.78, 5) is 14.9. The van der Waals surface area contributed by atoms with Gasteiger partial charge < -0.3 is 9.79 Å². The van der Waals surface area contributed by atoms with Crippen molar-refractivity contribution < 1.29 is 24.3 Å². The van der Waals surface area contributed by atoms with Crippen LogP contribution in [0.1, 0.15) is 0 Å². The minimum Gasteiger partial charge on any atom is -0.301 e. The average Bonchev–Trinajstić information content (AvgIpc) is 1.35. The Balaban J connectivity index is 0. The van der Waals surface area contributed by atoms with Crippen LogP contribution in [0.25, 0.3) is 0 Å². The zero-order valence-corrected chi connectivity index (χ0v) is 3.50. The average molecular weight is 146 g/mol. The summed E-state index contributed by atoms with van der Waals surface area (Å²) in [6.07, 6.45) is 0. The van der Waals surface area contributed by atoms with Gasteiger partial charge in [0.05, 0.1) is 0 Å². The Morgan fingerprint density at radius 1 is 1.43 bits per heavy atom. The first-order valence-electron chi connectivity index (χ1n) is 0.948. The second-order valence-electron chi connectivity index (χ2n) is 0.572. The van der Waals surface area contributed by atoms with E-state index < -0.39 is 7.82 Å². The van der Waals surface area contributed by atoms with Crippen LogP contribution in [0.5, 0.6) is 0 Å². The van der Waals surface area contributed by atoms with Crippen molar-refractivity contribution in [1.82, 2.24) is 0 Å². The van der Waals surface area contributed by atoms with E-state index in [-0.39, 0.29) is 11.0 Å². The normalized spacial score (nSPS) is 10.1. The van der Waals surface area contributed by atoms with Gasteiger partial charge in [-0.3, -0.25) is 0 Å². The summed E-state index contributed by atoms with van der Waals surface area (Å²) in [6.45, 7) is 0. The van der Waals surface area contributed by atoms with E-state index in [2.05, 4.69) is 4.67 Å². The van der Waals surface area contributed by atoms with Crippen molar-refractivity contribution in [2.24, 2.45) is 0 Å². The van der Waals surface area contributed by atoms with Gasteiger partial charge in [-0.15, -0.1) is 4.67 Å². The molecule has 0 spiro atoms. The van der Waals surface area contributed by atoms with Crippen molar-refractivity contribution >= 4 is 18.8 Å². The molecule has 0 aromatic rings. The molecule has 46 valence electrons. The van der Waals surface area contributed by atoms with E-state index in [1.54, 1.807) is 0 Å². The summed E-state index contributed by atoms with van der Waals surface area (Å²) in [5, 5.41) is 7.14. The maximum absolute atomic E-state index is 9.22. The van der Waals surface area contributed by atoms with Crippen LogP contribution in [0.2, 0.25) is 0 Å². The van der Waals surface area contributed by atoms with E-state index in [1.807, 2.05) is 0 Å². The monoisotopic (exact) mass is 146 g/mol. The molecule has 0 aliphatic heterocycles. The van der Waals surface area contributed by atoms with E-state index in [9.17, 15) is 4.57 Å². The second-order valence-corrected chi connectivity index (χ2v) is 1.72. The second kappa shape index (κ2) is 3.31. The lowest BCUT2D eigenvalue weighted by Gasteiger charge is -1.90. The third kappa shape index (κ3) is 10.7. The number of phosphoric acid groups is 1. The predicted octanol–water partition coefficient (Wildman–Crippen LogP) is -1.88. The van der Waals surface area contributed by atoms with Crippen molar-refractivity contribution in [1.29, 1.82) is 0 Å². The summed E-state index contributed by atoms with van der Waals surface area (Å²) in [5.74, 6) is 0. The van der Waals surface area contributed by atoms with Crippen LogP contribution in [-0.2, 0) is 9.24 Å². The highest BCUT2D eigenvalue weighted by atomic mass is 31.2. The van der Waals surface area contributed by atoms with Gasteiger partial charge in [0.15, 0.2) is 0 Å². The molecule has 7 heteroatoms. The lowest BCUT2D eigenvalue weighted by molar-refractivity contribution is -0.158. The van der Waals surface area contributed by atoms with Crippen LogP contribution in [-0.4, -0.2) is 26.0 Å².